The van der Waals surface area contributed by atoms with Crippen molar-refractivity contribution in [2.24, 2.45) is 0 Å². The average Bonchev–Trinajstić information content (AvgIpc) is 2.21. The van der Waals surface area contributed by atoms with Gasteiger partial charge < -0.3 is 9.84 Å². The van der Waals surface area contributed by atoms with E-state index in [4.69, 9.17) is 9.84 Å². The summed E-state index contributed by atoms with van der Waals surface area (Å²) in [7, 11) is 0. The van der Waals surface area contributed by atoms with Crippen LogP contribution in [-0.2, 0) is 19.1 Å². The summed E-state index contributed by atoms with van der Waals surface area (Å²) >= 11 is 0. The highest BCUT2D eigenvalue weighted by molar-refractivity contribution is 5.95. The highest BCUT2D eigenvalue weighted by Crippen LogP contribution is 2.15. The van der Waals surface area contributed by atoms with Crippen LogP contribution in [-0.4, -0.2) is 22.8 Å². The van der Waals surface area contributed by atoms with Crippen molar-refractivity contribution in [2.75, 3.05) is 0 Å². The van der Waals surface area contributed by atoms with Crippen molar-refractivity contribution in [2.45, 2.75) is 46.5 Å². The van der Waals surface area contributed by atoms with Crippen molar-refractivity contribution in [3.8, 4) is 0 Å². The Morgan fingerprint density at radius 3 is 2.18 bits per heavy atom. The molecule has 0 amide bonds. The minimum atomic E-state index is -1.12. The molecule has 0 aliphatic rings. The minimum absolute atomic E-state index is 0.00959. The topological polar surface area (TPSA) is 80.7 Å². The smallest absolute Gasteiger partial charge is 0.334 e. The van der Waals surface area contributed by atoms with E-state index in [1.807, 2.05) is 6.92 Å². The van der Waals surface area contributed by atoms with Gasteiger partial charge >= 0.3 is 11.9 Å². The molecule has 0 aromatic carbocycles. The van der Waals surface area contributed by atoms with Crippen LogP contribution in [0.2, 0.25) is 0 Å². The predicted octanol–water partition coefficient (Wildman–Crippen LogP) is 2.06. The van der Waals surface area contributed by atoms with Gasteiger partial charge in [0.05, 0.1) is 5.57 Å². The van der Waals surface area contributed by atoms with Gasteiger partial charge in [-0.1, -0.05) is 13.3 Å². The van der Waals surface area contributed by atoms with Crippen LogP contribution >= 0.6 is 0 Å². The van der Waals surface area contributed by atoms with Crippen molar-refractivity contribution >= 4 is 17.7 Å². The highest BCUT2D eigenvalue weighted by Gasteiger charge is 2.15. The van der Waals surface area contributed by atoms with E-state index >= 15 is 0 Å². The number of ketones is 1. The summed E-state index contributed by atoms with van der Waals surface area (Å²) in [6.07, 6.45) is 1.65. The number of esters is 1. The highest BCUT2D eigenvalue weighted by atomic mass is 16.5. The molecule has 5 heteroatoms. The Kier molecular flexibility index (Phi) is 6.86. The van der Waals surface area contributed by atoms with Crippen LogP contribution in [0.1, 0.15) is 46.5 Å². The number of allylic oxidation sites excluding steroid dienone is 1. The molecule has 96 valence electrons. The van der Waals surface area contributed by atoms with Crippen LogP contribution in [0.15, 0.2) is 11.3 Å². The SMILES string of the molecule is CCCC/C(OC(=O)CC(C)=O)=C(/C)C(=O)O. The Labute approximate surface area is 100 Å². The first kappa shape index (κ1) is 15.3. The number of hydrogen-bond acceptors (Lipinski definition) is 4. The average molecular weight is 242 g/mol. The number of carbonyl (C=O) groups is 3. The van der Waals surface area contributed by atoms with E-state index in [0.29, 0.717) is 6.42 Å². The largest absolute Gasteiger partial charge is 0.478 e. The first-order valence-corrected chi connectivity index (χ1v) is 5.51. The lowest BCUT2D eigenvalue weighted by Crippen LogP contribution is -2.12. The summed E-state index contributed by atoms with van der Waals surface area (Å²) in [4.78, 5) is 32.8. The molecule has 0 bridgehead atoms. The molecule has 0 unspecified atom stereocenters. The van der Waals surface area contributed by atoms with Crippen molar-refractivity contribution < 1.29 is 24.2 Å². The second-order valence-corrected chi connectivity index (χ2v) is 3.81. The molecule has 17 heavy (non-hydrogen) atoms. The Bertz CT molecular complexity index is 341. The van der Waals surface area contributed by atoms with Crippen LogP contribution in [0, 0.1) is 0 Å². The standard InChI is InChI=1S/C12H18O5/c1-4-5-6-10(9(3)12(15)16)17-11(14)7-8(2)13/h4-7H2,1-3H3,(H,15,16)/b10-9+. The summed E-state index contributed by atoms with van der Waals surface area (Å²) in [5.41, 5.74) is 0.00959. The first-order chi connectivity index (χ1) is 7.88. The summed E-state index contributed by atoms with van der Waals surface area (Å²) in [6, 6.07) is 0. The number of ether oxygens (including phenoxy) is 1. The Balaban J connectivity index is 4.71. The van der Waals surface area contributed by atoms with Crippen LogP contribution in [0.3, 0.4) is 0 Å². The fourth-order valence-corrected chi connectivity index (χ4v) is 1.15. The molecular weight excluding hydrogens is 224 g/mol. The fourth-order valence-electron chi connectivity index (χ4n) is 1.15. The molecule has 0 aromatic rings. The third-order valence-corrected chi connectivity index (χ3v) is 2.13. The maximum Gasteiger partial charge on any atom is 0.334 e. The van der Waals surface area contributed by atoms with Gasteiger partial charge in [0.2, 0.25) is 0 Å². The van der Waals surface area contributed by atoms with Gasteiger partial charge in [0.25, 0.3) is 0 Å². The maximum absolute atomic E-state index is 11.3. The lowest BCUT2D eigenvalue weighted by molar-refractivity contribution is -0.142. The molecule has 0 saturated carbocycles. The van der Waals surface area contributed by atoms with Crippen LogP contribution in [0.4, 0.5) is 0 Å². The lowest BCUT2D eigenvalue weighted by atomic mass is 10.1. The molecule has 0 saturated heterocycles. The van der Waals surface area contributed by atoms with E-state index < -0.39 is 11.9 Å². The van der Waals surface area contributed by atoms with E-state index in [0.717, 1.165) is 12.8 Å². The van der Waals surface area contributed by atoms with Crippen molar-refractivity contribution in [1.29, 1.82) is 0 Å². The molecule has 0 atom stereocenters. The molecule has 0 aliphatic heterocycles. The minimum Gasteiger partial charge on any atom is -0.478 e. The number of carboxylic acid groups (broad SMARTS) is 1. The van der Waals surface area contributed by atoms with Gasteiger partial charge in [-0.15, -0.1) is 0 Å². The molecule has 0 spiro atoms. The van der Waals surface area contributed by atoms with Crippen molar-refractivity contribution in [3.05, 3.63) is 11.3 Å². The zero-order valence-corrected chi connectivity index (χ0v) is 10.4. The molecule has 0 aromatic heterocycles. The number of carboxylic acids is 1. The molecule has 1 N–H and O–H groups in total. The van der Waals surface area contributed by atoms with E-state index in [-0.39, 0.29) is 23.5 Å². The second kappa shape index (κ2) is 7.60. The molecular formula is C12H18O5. The van der Waals surface area contributed by atoms with Gasteiger partial charge in [-0.2, -0.15) is 0 Å². The molecule has 0 fully saturated rings. The number of hydrogen-bond donors (Lipinski definition) is 1. The number of carbonyl (C=O) groups excluding carboxylic acids is 2. The van der Waals surface area contributed by atoms with Crippen LogP contribution < -0.4 is 0 Å². The van der Waals surface area contributed by atoms with Gasteiger partial charge in [0, 0.05) is 6.42 Å². The molecule has 0 heterocycles. The first-order valence-electron chi connectivity index (χ1n) is 5.51. The third kappa shape index (κ3) is 6.50. The van der Waals surface area contributed by atoms with E-state index in [9.17, 15) is 14.4 Å². The van der Waals surface area contributed by atoms with Gasteiger partial charge in [-0.3, -0.25) is 9.59 Å². The summed E-state index contributed by atoms with van der Waals surface area (Å²) < 4.78 is 4.93. The summed E-state index contributed by atoms with van der Waals surface area (Å²) in [5, 5.41) is 8.83. The predicted molar refractivity (Wildman–Crippen MR) is 61.3 cm³/mol. The number of rotatable bonds is 7. The lowest BCUT2D eigenvalue weighted by Gasteiger charge is -2.09. The van der Waals surface area contributed by atoms with Gasteiger partial charge in [-0.25, -0.2) is 4.79 Å². The molecule has 0 rings (SSSR count). The van der Waals surface area contributed by atoms with Gasteiger partial charge in [-0.05, 0) is 20.3 Å². The Morgan fingerprint density at radius 1 is 1.18 bits per heavy atom. The molecule has 5 nitrogen and oxygen atoms in total. The fraction of sp³-hybridized carbons (Fsp3) is 0.583. The number of Topliss-reactive ketones (excluding diaryl/α,β-unsaturated/α-hetero) is 1. The summed E-state index contributed by atoms with van der Waals surface area (Å²) in [5.74, 6) is -1.99. The maximum atomic E-state index is 11.3. The Hall–Kier alpha value is -1.65. The third-order valence-electron chi connectivity index (χ3n) is 2.13. The van der Waals surface area contributed by atoms with Gasteiger partial charge in [0.1, 0.15) is 18.0 Å². The van der Waals surface area contributed by atoms with Crippen LogP contribution in [0.25, 0.3) is 0 Å². The quantitative estimate of drug-likeness (QED) is 0.320. The number of unbranched alkanes of at least 4 members (excludes halogenated alkanes) is 1. The molecule has 0 aliphatic carbocycles. The van der Waals surface area contributed by atoms with E-state index in [2.05, 4.69) is 0 Å². The zero-order valence-electron chi connectivity index (χ0n) is 10.4. The molecule has 0 radical (unpaired) electrons. The van der Waals surface area contributed by atoms with Crippen molar-refractivity contribution in [1.82, 2.24) is 0 Å². The zero-order chi connectivity index (χ0) is 13.4. The van der Waals surface area contributed by atoms with E-state index in [1.165, 1.54) is 13.8 Å². The van der Waals surface area contributed by atoms with E-state index in [1.54, 1.807) is 0 Å². The number of aliphatic carboxylic acids is 1. The second-order valence-electron chi connectivity index (χ2n) is 3.81. The van der Waals surface area contributed by atoms with Crippen LogP contribution in [0.5, 0.6) is 0 Å². The monoisotopic (exact) mass is 242 g/mol. The summed E-state index contributed by atoms with van der Waals surface area (Å²) in [6.45, 7) is 4.61. The Morgan fingerprint density at radius 2 is 1.76 bits per heavy atom. The van der Waals surface area contributed by atoms with Gasteiger partial charge in [0.15, 0.2) is 0 Å². The normalized spacial score (nSPS) is 11.7. The van der Waals surface area contributed by atoms with Crippen molar-refractivity contribution in [3.63, 3.8) is 0 Å².